The number of halogens is 1. The number of nitriles is 1. The van der Waals surface area contributed by atoms with Gasteiger partial charge in [0.2, 0.25) is 5.91 Å². The SMILES string of the molecule is COC(=O)c1cc(NC(=O)CN2C(=O)S/C(=C\c3c(C)n(Cc4ccccc4C#N)c4ccccc34)C2=O)ccc1Cl. The van der Waals surface area contributed by atoms with E-state index < -0.39 is 29.6 Å². The maximum Gasteiger partial charge on any atom is 0.339 e. The van der Waals surface area contributed by atoms with Crippen LogP contribution in [0.1, 0.15) is 32.7 Å². The number of amides is 3. The molecule has 0 aliphatic carbocycles. The number of para-hydroxylation sites is 1. The van der Waals surface area contributed by atoms with Crippen LogP contribution in [0.5, 0.6) is 0 Å². The fourth-order valence-electron chi connectivity index (χ4n) is 4.76. The van der Waals surface area contributed by atoms with Gasteiger partial charge in [-0.1, -0.05) is 48.0 Å². The third-order valence-corrected chi connectivity index (χ3v) is 8.09. The van der Waals surface area contributed by atoms with Crippen LogP contribution in [0.3, 0.4) is 0 Å². The first-order valence-electron chi connectivity index (χ1n) is 12.7. The molecule has 1 aliphatic rings. The maximum absolute atomic E-state index is 13.3. The Morgan fingerprint density at radius 2 is 1.83 bits per heavy atom. The summed E-state index contributed by atoms with van der Waals surface area (Å²) in [5, 5.41) is 12.6. The lowest BCUT2D eigenvalue weighted by atomic mass is 10.1. The zero-order chi connectivity index (χ0) is 30.0. The molecule has 1 aromatic heterocycles. The van der Waals surface area contributed by atoms with Gasteiger partial charge >= 0.3 is 5.97 Å². The van der Waals surface area contributed by atoms with Crippen LogP contribution in [0, 0.1) is 18.3 Å². The van der Waals surface area contributed by atoms with Gasteiger partial charge in [0, 0.05) is 34.4 Å². The second kappa shape index (κ2) is 11.9. The third kappa shape index (κ3) is 5.52. The smallest absolute Gasteiger partial charge is 0.339 e. The van der Waals surface area contributed by atoms with Crippen LogP contribution < -0.4 is 5.32 Å². The van der Waals surface area contributed by atoms with E-state index in [4.69, 9.17) is 16.3 Å². The minimum atomic E-state index is -0.668. The van der Waals surface area contributed by atoms with Gasteiger partial charge in [-0.3, -0.25) is 19.3 Å². The molecule has 0 saturated carbocycles. The number of carbonyl (C=O) groups is 4. The summed E-state index contributed by atoms with van der Waals surface area (Å²) in [5.74, 6) is -1.88. The van der Waals surface area contributed by atoms with Gasteiger partial charge in [-0.15, -0.1) is 0 Å². The average Bonchev–Trinajstić information content (AvgIpc) is 3.41. The molecule has 1 saturated heterocycles. The molecule has 42 heavy (non-hydrogen) atoms. The number of ether oxygens (including phenoxy) is 1. The number of esters is 1. The Bertz CT molecular complexity index is 1860. The molecule has 1 N–H and O–H groups in total. The van der Waals surface area contributed by atoms with E-state index in [1.54, 1.807) is 12.1 Å². The summed E-state index contributed by atoms with van der Waals surface area (Å²) in [5.41, 5.74) is 4.31. The van der Waals surface area contributed by atoms with Crippen LogP contribution in [-0.4, -0.2) is 46.1 Å². The molecule has 4 aromatic rings. The Labute approximate surface area is 250 Å². The molecule has 3 aromatic carbocycles. The number of nitrogens with one attached hydrogen (secondary N) is 1. The fraction of sp³-hybridized carbons (Fsp3) is 0.129. The van der Waals surface area contributed by atoms with Gasteiger partial charge in [0.05, 0.1) is 34.2 Å². The normalized spacial score (nSPS) is 14.0. The van der Waals surface area contributed by atoms with E-state index >= 15 is 0 Å². The minimum absolute atomic E-state index is 0.0664. The fourth-order valence-corrected chi connectivity index (χ4v) is 5.78. The molecule has 210 valence electrons. The Kier molecular flexibility index (Phi) is 8.15. The van der Waals surface area contributed by atoms with Gasteiger partial charge in [0.1, 0.15) is 6.54 Å². The number of hydrogen-bond donors (Lipinski definition) is 1. The number of rotatable bonds is 7. The number of nitrogens with zero attached hydrogens (tertiary/aromatic N) is 3. The van der Waals surface area contributed by atoms with Crippen molar-refractivity contribution in [2.75, 3.05) is 19.0 Å². The summed E-state index contributed by atoms with van der Waals surface area (Å²) in [6.07, 6.45) is 1.68. The number of imide groups is 1. The van der Waals surface area contributed by atoms with Crippen LogP contribution in [0.25, 0.3) is 17.0 Å². The lowest BCUT2D eigenvalue weighted by Crippen LogP contribution is -2.36. The Morgan fingerprint density at radius 1 is 1.10 bits per heavy atom. The van der Waals surface area contributed by atoms with Crippen LogP contribution in [-0.2, 0) is 20.9 Å². The van der Waals surface area contributed by atoms with Crippen molar-refractivity contribution in [2.24, 2.45) is 0 Å². The molecular weight excluding hydrogens is 576 g/mol. The Morgan fingerprint density at radius 3 is 2.60 bits per heavy atom. The number of fused-ring (bicyclic) bond motifs is 1. The molecular formula is C31H23ClN4O5S. The molecule has 0 radical (unpaired) electrons. The molecule has 0 bridgehead atoms. The topological polar surface area (TPSA) is 122 Å². The number of carbonyl (C=O) groups excluding carboxylic acids is 4. The standard InChI is InChI=1S/C31H23ClN4O5S/c1-18-23(22-9-5-6-10-26(22)35(18)16-20-8-4-3-7-19(20)15-33)14-27-29(38)36(31(40)42-27)17-28(37)34-21-11-12-25(32)24(13-21)30(39)41-2/h3-14H,16-17H2,1-2H3,(H,34,37)/b27-14-. The summed E-state index contributed by atoms with van der Waals surface area (Å²) < 4.78 is 6.77. The van der Waals surface area contributed by atoms with Gasteiger partial charge in [-0.05, 0) is 60.7 Å². The summed E-state index contributed by atoms with van der Waals surface area (Å²) in [7, 11) is 1.21. The zero-order valence-electron chi connectivity index (χ0n) is 22.5. The lowest BCUT2D eigenvalue weighted by molar-refractivity contribution is -0.127. The van der Waals surface area contributed by atoms with Gasteiger partial charge in [0.25, 0.3) is 11.1 Å². The highest BCUT2D eigenvalue weighted by molar-refractivity contribution is 8.18. The maximum atomic E-state index is 13.3. The summed E-state index contributed by atoms with van der Waals surface area (Å²) in [6, 6.07) is 21.6. The van der Waals surface area contributed by atoms with E-state index in [1.807, 2.05) is 49.4 Å². The molecule has 5 rings (SSSR count). The highest BCUT2D eigenvalue weighted by atomic mass is 35.5. The number of benzene rings is 3. The number of hydrogen-bond acceptors (Lipinski definition) is 7. The molecule has 3 amide bonds. The first-order valence-corrected chi connectivity index (χ1v) is 13.9. The largest absolute Gasteiger partial charge is 0.465 e. The molecule has 0 atom stereocenters. The van der Waals surface area contributed by atoms with Crippen molar-refractivity contribution in [2.45, 2.75) is 13.5 Å². The molecule has 0 unspecified atom stereocenters. The van der Waals surface area contributed by atoms with Crippen molar-refractivity contribution < 1.29 is 23.9 Å². The minimum Gasteiger partial charge on any atom is -0.465 e. The van der Waals surface area contributed by atoms with E-state index in [9.17, 15) is 24.4 Å². The van der Waals surface area contributed by atoms with Crippen LogP contribution in [0.2, 0.25) is 5.02 Å². The van der Waals surface area contributed by atoms with Crippen molar-refractivity contribution in [1.29, 1.82) is 5.26 Å². The van der Waals surface area contributed by atoms with Gasteiger partial charge in [0.15, 0.2) is 0 Å². The predicted octanol–water partition coefficient (Wildman–Crippen LogP) is 5.98. The summed E-state index contributed by atoms with van der Waals surface area (Å²) in [4.78, 5) is 51.8. The third-order valence-electron chi connectivity index (χ3n) is 6.85. The first-order chi connectivity index (χ1) is 20.2. The molecule has 1 aliphatic heterocycles. The van der Waals surface area contributed by atoms with Crippen molar-refractivity contribution in [3.05, 3.63) is 105 Å². The Balaban J connectivity index is 1.39. The van der Waals surface area contributed by atoms with Crippen molar-refractivity contribution in [3.8, 4) is 6.07 Å². The van der Waals surface area contributed by atoms with Crippen LogP contribution in [0.15, 0.2) is 71.6 Å². The zero-order valence-corrected chi connectivity index (χ0v) is 24.1. The number of aromatic nitrogens is 1. The highest BCUT2D eigenvalue weighted by Crippen LogP contribution is 2.36. The number of methoxy groups -OCH3 is 1. The number of anilines is 1. The Hall–Kier alpha value is -4.85. The molecule has 2 heterocycles. The van der Waals surface area contributed by atoms with E-state index in [0.717, 1.165) is 44.4 Å². The second-order valence-electron chi connectivity index (χ2n) is 9.37. The molecule has 0 spiro atoms. The van der Waals surface area contributed by atoms with Crippen molar-refractivity contribution in [1.82, 2.24) is 9.47 Å². The van der Waals surface area contributed by atoms with Crippen molar-refractivity contribution in [3.63, 3.8) is 0 Å². The van der Waals surface area contributed by atoms with E-state index in [2.05, 4.69) is 16.0 Å². The number of thioether (sulfide) groups is 1. The molecule has 11 heteroatoms. The van der Waals surface area contributed by atoms with E-state index in [0.29, 0.717) is 12.1 Å². The predicted molar refractivity (Wildman–Crippen MR) is 161 cm³/mol. The first kappa shape index (κ1) is 28.7. The highest BCUT2D eigenvalue weighted by Gasteiger charge is 2.36. The van der Waals surface area contributed by atoms with E-state index in [-0.39, 0.29) is 21.2 Å². The van der Waals surface area contributed by atoms with Crippen LogP contribution >= 0.6 is 23.4 Å². The lowest BCUT2D eigenvalue weighted by Gasteiger charge is -2.13. The van der Waals surface area contributed by atoms with Crippen LogP contribution in [0.4, 0.5) is 10.5 Å². The average molecular weight is 599 g/mol. The van der Waals surface area contributed by atoms with Gasteiger partial charge in [-0.2, -0.15) is 5.26 Å². The van der Waals surface area contributed by atoms with Crippen molar-refractivity contribution >= 4 is 69.1 Å². The van der Waals surface area contributed by atoms with E-state index in [1.165, 1.54) is 25.3 Å². The summed E-state index contributed by atoms with van der Waals surface area (Å²) in [6.45, 7) is 1.87. The van der Waals surface area contributed by atoms with Gasteiger partial charge in [-0.25, -0.2) is 4.79 Å². The summed E-state index contributed by atoms with van der Waals surface area (Å²) >= 11 is 6.79. The quantitative estimate of drug-likeness (QED) is 0.205. The monoisotopic (exact) mass is 598 g/mol. The molecule has 1 fully saturated rings. The second-order valence-corrected chi connectivity index (χ2v) is 10.8. The van der Waals surface area contributed by atoms with Gasteiger partial charge < -0.3 is 14.6 Å². The molecule has 9 nitrogen and oxygen atoms in total.